The van der Waals surface area contributed by atoms with Gasteiger partial charge in [0.05, 0.1) is 7.11 Å². The first-order valence-corrected chi connectivity index (χ1v) is 6.72. The van der Waals surface area contributed by atoms with Crippen molar-refractivity contribution in [3.8, 4) is 11.5 Å². The van der Waals surface area contributed by atoms with E-state index in [1.807, 2.05) is 31.2 Å². The van der Waals surface area contributed by atoms with Gasteiger partial charge in [-0.1, -0.05) is 29.8 Å². The number of ether oxygens (including phenoxy) is 2. The molecule has 0 aliphatic rings. The number of carbonyl (C=O) groups excluding carboxylic acids is 2. The second-order valence-corrected chi connectivity index (χ2v) is 4.69. The lowest BCUT2D eigenvalue weighted by atomic mass is 10.1. The average molecular weight is 296 g/mol. The molecule has 2 aromatic rings. The van der Waals surface area contributed by atoms with Crippen molar-refractivity contribution in [1.82, 2.24) is 0 Å². The molecule has 22 heavy (non-hydrogen) atoms. The lowest BCUT2D eigenvalue weighted by molar-refractivity contribution is -0.129. The molecule has 0 saturated carbocycles. The fraction of sp³-hybridized carbons (Fsp3) is 0.111. The monoisotopic (exact) mass is 296 g/mol. The van der Waals surface area contributed by atoms with Crippen molar-refractivity contribution in [3.05, 3.63) is 65.2 Å². The predicted octanol–water partition coefficient (Wildman–Crippen LogP) is 3.43. The molecule has 2 rings (SSSR count). The van der Waals surface area contributed by atoms with Gasteiger partial charge >= 0.3 is 5.97 Å². The van der Waals surface area contributed by atoms with Crippen LogP contribution in [0.3, 0.4) is 0 Å². The molecule has 0 spiro atoms. The van der Waals surface area contributed by atoms with Crippen molar-refractivity contribution < 1.29 is 19.1 Å². The summed E-state index contributed by atoms with van der Waals surface area (Å²) in [5, 5.41) is 0. The van der Waals surface area contributed by atoms with E-state index in [1.165, 1.54) is 25.3 Å². The van der Waals surface area contributed by atoms with E-state index in [-0.39, 0.29) is 5.75 Å². The van der Waals surface area contributed by atoms with Gasteiger partial charge in [-0.25, -0.2) is 4.79 Å². The van der Waals surface area contributed by atoms with Gasteiger partial charge < -0.3 is 9.47 Å². The molecular formula is C18H16O4. The van der Waals surface area contributed by atoms with Gasteiger partial charge in [0.15, 0.2) is 11.5 Å². The minimum Gasteiger partial charge on any atom is -0.493 e. The van der Waals surface area contributed by atoms with Gasteiger partial charge in [-0.05, 0) is 36.8 Å². The molecule has 112 valence electrons. The van der Waals surface area contributed by atoms with Gasteiger partial charge in [0.1, 0.15) is 6.29 Å². The summed E-state index contributed by atoms with van der Waals surface area (Å²) in [6, 6.07) is 12.4. The fourth-order valence-corrected chi connectivity index (χ4v) is 1.83. The van der Waals surface area contributed by atoms with Gasteiger partial charge in [-0.2, -0.15) is 0 Å². The maximum Gasteiger partial charge on any atom is 0.336 e. The van der Waals surface area contributed by atoms with Crippen LogP contribution in [0.2, 0.25) is 0 Å². The lowest BCUT2D eigenvalue weighted by Gasteiger charge is -2.08. The summed E-state index contributed by atoms with van der Waals surface area (Å²) in [4.78, 5) is 22.6. The number of hydrogen-bond donors (Lipinski definition) is 0. The largest absolute Gasteiger partial charge is 0.493 e. The number of carbonyl (C=O) groups is 2. The van der Waals surface area contributed by atoms with Crippen molar-refractivity contribution >= 4 is 18.3 Å². The van der Waals surface area contributed by atoms with E-state index in [0.29, 0.717) is 17.6 Å². The van der Waals surface area contributed by atoms with Crippen LogP contribution in [0.15, 0.2) is 48.5 Å². The van der Waals surface area contributed by atoms with E-state index in [4.69, 9.17) is 9.47 Å². The van der Waals surface area contributed by atoms with Crippen molar-refractivity contribution in [2.45, 2.75) is 6.92 Å². The van der Waals surface area contributed by atoms with Gasteiger partial charge in [0, 0.05) is 11.6 Å². The number of benzene rings is 2. The van der Waals surface area contributed by atoms with Gasteiger partial charge in [0.2, 0.25) is 0 Å². The Morgan fingerprint density at radius 1 is 1.00 bits per heavy atom. The Morgan fingerprint density at radius 2 is 1.68 bits per heavy atom. The quantitative estimate of drug-likeness (QED) is 0.367. The lowest BCUT2D eigenvalue weighted by Crippen LogP contribution is -2.05. The van der Waals surface area contributed by atoms with Crippen molar-refractivity contribution in [3.63, 3.8) is 0 Å². The zero-order valence-electron chi connectivity index (χ0n) is 12.4. The standard InChI is InChI=1S/C18H16O4/c1-13-3-5-14(6-4-13)8-10-18(20)22-16-9-7-15(12-19)11-17(16)21-2/h3-12H,1-2H3. The second kappa shape index (κ2) is 7.22. The second-order valence-electron chi connectivity index (χ2n) is 4.69. The minimum atomic E-state index is -0.516. The smallest absolute Gasteiger partial charge is 0.336 e. The molecule has 0 aliphatic carbocycles. The van der Waals surface area contributed by atoms with Crippen LogP contribution in [0.5, 0.6) is 11.5 Å². The number of hydrogen-bond acceptors (Lipinski definition) is 4. The van der Waals surface area contributed by atoms with E-state index < -0.39 is 5.97 Å². The topological polar surface area (TPSA) is 52.6 Å². The molecule has 0 bridgehead atoms. The molecule has 0 radical (unpaired) electrons. The molecule has 0 atom stereocenters. The Bertz CT molecular complexity index is 700. The number of rotatable bonds is 5. The van der Waals surface area contributed by atoms with E-state index in [0.717, 1.165) is 11.1 Å². The molecule has 2 aromatic carbocycles. The van der Waals surface area contributed by atoms with Crippen LogP contribution < -0.4 is 9.47 Å². The number of methoxy groups -OCH3 is 1. The first kappa shape index (κ1) is 15.5. The van der Waals surface area contributed by atoms with Gasteiger partial charge in [-0.3, -0.25) is 4.79 Å². The third kappa shape index (κ3) is 4.06. The van der Waals surface area contributed by atoms with E-state index in [2.05, 4.69) is 0 Å². The molecule has 0 fully saturated rings. The number of esters is 1. The summed E-state index contributed by atoms with van der Waals surface area (Å²) in [5.41, 5.74) is 2.51. The Balaban J connectivity index is 2.08. The van der Waals surface area contributed by atoms with E-state index >= 15 is 0 Å². The Morgan fingerprint density at radius 3 is 2.32 bits per heavy atom. The Kier molecular flexibility index (Phi) is 5.09. The summed E-state index contributed by atoms with van der Waals surface area (Å²) in [6.07, 6.45) is 3.72. The SMILES string of the molecule is COc1cc(C=O)ccc1OC(=O)C=Cc1ccc(C)cc1. The summed E-state index contributed by atoms with van der Waals surface area (Å²) in [5.74, 6) is 0.0890. The minimum absolute atomic E-state index is 0.270. The molecular weight excluding hydrogens is 280 g/mol. The zero-order chi connectivity index (χ0) is 15.9. The molecule has 0 saturated heterocycles. The van der Waals surface area contributed by atoms with Crippen LogP contribution in [0, 0.1) is 6.92 Å². The molecule has 0 heterocycles. The Labute approximate surface area is 129 Å². The van der Waals surface area contributed by atoms with Gasteiger partial charge in [-0.15, -0.1) is 0 Å². The van der Waals surface area contributed by atoms with E-state index in [1.54, 1.807) is 12.1 Å². The summed E-state index contributed by atoms with van der Waals surface area (Å²) >= 11 is 0. The fourth-order valence-electron chi connectivity index (χ4n) is 1.83. The van der Waals surface area contributed by atoms with Crippen LogP contribution in [0.1, 0.15) is 21.5 Å². The van der Waals surface area contributed by atoms with Crippen LogP contribution in [-0.2, 0) is 4.79 Å². The average Bonchev–Trinajstić information content (AvgIpc) is 2.54. The van der Waals surface area contributed by atoms with Crippen LogP contribution in [0.4, 0.5) is 0 Å². The molecule has 0 amide bonds. The van der Waals surface area contributed by atoms with Crippen molar-refractivity contribution in [2.75, 3.05) is 7.11 Å². The highest BCUT2D eigenvalue weighted by molar-refractivity contribution is 5.89. The van der Waals surface area contributed by atoms with Crippen LogP contribution in [0.25, 0.3) is 6.08 Å². The molecule has 0 aromatic heterocycles. The van der Waals surface area contributed by atoms with Crippen LogP contribution in [-0.4, -0.2) is 19.4 Å². The third-order valence-corrected chi connectivity index (χ3v) is 3.02. The summed E-state index contributed by atoms with van der Waals surface area (Å²) in [7, 11) is 1.45. The normalized spacial score (nSPS) is 10.5. The number of aryl methyl sites for hydroxylation is 1. The number of aldehydes is 1. The van der Waals surface area contributed by atoms with Gasteiger partial charge in [0.25, 0.3) is 0 Å². The maximum atomic E-state index is 11.8. The van der Waals surface area contributed by atoms with Crippen molar-refractivity contribution in [1.29, 1.82) is 0 Å². The molecule has 0 unspecified atom stereocenters. The molecule has 4 nitrogen and oxygen atoms in total. The predicted molar refractivity (Wildman–Crippen MR) is 84.2 cm³/mol. The highest BCUT2D eigenvalue weighted by Crippen LogP contribution is 2.27. The highest BCUT2D eigenvalue weighted by atomic mass is 16.6. The van der Waals surface area contributed by atoms with Crippen molar-refractivity contribution in [2.24, 2.45) is 0 Å². The third-order valence-electron chi connectivity index (χ3n) is 3.02. The highest BCUT2D eigenvalue weighted by Gasteiger charge is 2.08. The zero-order valence-corrected chi connectivity index (χ0v) is 12.4. The summed E-state index contributed by atoms with van der Waals surface area (Å²) in [6.45, 7) is 2.00. The maximum absolute atomic E-state index is 11.8. The molecule has 4 heteroatoms. The van der Waals surface area contributed by atoms with Crippen LogP contribution >= 0.6 is 0 Å². The first-order chi connectivity index (χ1) is 10.6. The molecule has 0 aliphatic heterocycles. The van der Waals surface area contributed by atoms with E-state index in [9.17, 15) is 9.59 Å². The summed E-state index contributed by atoms with van der Waals surface area (Å²) < 4.78 is 10.3. The first-order valence-electron chi connectivity index (χ1n) is 6.72. The molecule has 0 N–H and O–H groups in total. The Hall–Kier alpha value is -2.88.